The van der Waals surface area contributed by atoms with E-state index in [2.05, 4.69) is 18.1 Å². The second-order valence-corrected chi connectivity index (χ2v) is 5.87. The van der Waals surface area contributed by atoms with E-state index in [-0.39, 0.29) is 16.9 Å². The second kappa shape index (κ2) is 7.66. The van der Waals surface area contributed by atoms with E-state index in [0.717, 1.165) is 5.56 Å². The molecule has 0 aliphatic rings. The van der Waals surface area contributed by atoms with Crippen LogP contribution in [0.15, 0.2) is 85.0 Å². The van der Waals surface area contributed by atoms with Crippen LogP contribution < -0.4 is 5.56 Å². The van der Waals surface area contributed by atoms with Crippen LogP contribution in [-0.2, 0) is 13.0 Å². The van der Waals surface area contributed by atoms with Gasteiger partial charge in [0.2, 0.25) is 0 Å². The summed E-state index contributed by atoms with van der Waals surface area (Å²) in [6.07, 6.45) is 8.98. The molecule has 0 spiro atoms. The molecule has 2 heterocycles. The topological polar surface area (TPSA) is 55.1 Å². The van der Waals surface area contributed by atoms with E-state index in [1.807, 2.05) is 36.4 Å². The highest BCUT2D eigenvalue weighted by molar-refractivity contribution is 5.92. The Balaban J connectivity index is 2.21. The molecule has 0 aliphatic heterocycles. The van der Waals surface area contributed by atoms with Gasteiger partial charge < -0.3 is 9.67 Å². The zero-order chi connectivity index (χ0) is 18.5. The highest BCUT2D eigenvalue weighted by atomic mass is 16.3. The Morgan fingerprint density at radius 1 is 1.19 bits per heavy atom. The summed E-state index contributed by atoms with van der Waals surface area (Å²) in [6.45, 7) is 7.91. The van der Waals surface area contributed by atoms with Gasteiger partial charge in [0, 0.05) is 24.3 Å². The summed E-state index contributed by atoms with van der Waals surface area (Å²) in [6, 6.07) is 11.2. The lowest BCUT2D eigenvalue weighted by Gasteiger charge is -2.15. The first-order valence-corrected chi connectivity index (χ1v) is 8.36. The molecule has 0 radical (unpaired) electrons. The van der Waals surface area contributed by atoms with Crippen LogP contribution in [0.1, 0.15) is 11.1 Å². The highest BCUT2D eigenvalue weighted by Gasteiger charge is 2.17. The molecule has 3 aromatic rings. The normalized spacial score (nSPS) is 11.5. The lowest BCUT2D eigenvalue weighted by molar-refractivity contribution is 0.476. The van der Waals surface area contributed by atoms with Crippen molar-refractivity contribution in [3.8, 4) is 5.75 Å². The van der Waals surface area contributed by atoms with Gasteiger partial charge in [-0.25, -0.2) is 0 Å². The van der Waals surface area contributed by atoms with Crippen molar-refractivity contribution in [3.63, 3.8) is 0 Å². The minimum absolute atomic E-state index is 0.0313. The van der Waals surface area contributed by atoms with E-state index in [1.165, 1.54) is 0 Å². The molecule has 2 aromatic heterocycles. The molecule has 0 amide bonds. The van der Waals surface area contributed by atoms with E-state index in [4.69, 9.17) is 0 Å². The van der Waals surface area contributed by atoms with Gasteiger partial charge in [0.05, 0.1) is 11.1 Å². The number of allylic oxidation sites excluding steroid dienone is 4. The molecule has 0 fully saturated rings. The van der Waals surface area contributed by atoms with E-state index < -0.39 is 0 Å². The summed E-state index contributed by atoms with van der Waals surface area (Å²) in [4.78, 5) is 17.3. The Labute approximate surface area is 152 Å². The van der Waals surface area contributed by atoms with Crippen molar-refractivity contribution in [2.45, 2.75) is 13.0 Å². The first kappa shape index (κ1) is 17.4. The zero-order valence-corrected chi connectivity index (χ0v) is 14.4. The smallest absolute Gasteiger partial charge is 0.262 e. The highest BCUT2D eigenvalue weighted by Crippen LogP contribution is 2.31. The number of benzene rings is 1. The van der Waals surface area contributed by atoms with Crippen LogP contribution in [0.3, 0.4) is 0 Å². The van der Waals surface area contributed by atoms with Crippen LogP contribution in [0.4, 0.5) is 0 Å². The van der Waals surface area contributed by atoms with Crippen molar-refractivity contribution in [1.82, 2.24) is 9.55 Å². The van der Waals surface area contributed by atoms with Crippen LogP contribution in [-0.4, -0.2) is 14.7 Å². The number of hydrogen-bond donors (Lipinski definition) is 1. The van der Waals surface area contributed by atoms with Crippen LogP contribution in [0.2, 0.25) is 0 Å². The predicted molar refractivity (Wildman–Crippen MR) is 106 cm³/mol. The quantitative estimate of drug-likeness (QED) is 0.685. The first-order chi connectivity index (χ1) is 12.7. The molecular weight excluding hydrogens is 324 g/mol. The Kier molecular flexibility index (Phi) is 5.13. The van der Waals surface area contributed by atoms with Crippen molar-refractivity contribution < 1.29 is 5.11 Å². The van der Waals surface area contributed by atoms with Crippen LogP contribution in [0, 0.1) is 0 Å². The van der Waals surface area contributed by atoms with Gasteiger partial charge in [0.15, 0.2) is 0 Å². The van der Waals surface area contributed by atoms with E-state index in [1.54, 1.807) is 35.2 Å². The third-order valence-electron chi connectivity index (χ3n) is 4.30. The summed E-state index contributed by atoms with van der Waals surface area (Å²) in [5.74, 6) is -0.0313. The number of fused-ring (bicyclic) bond motifs is 1. The second-order valence-electron chi connectivity index (χ2n) is 5.87. The van der Waals surface area contributed by atoms with Crippen molar-refractivity contribution in [1.29, 1.82) is 0 Å². The third-order valence-corrected chi connectivity index (χ3v) is 4.30. The fraction of sp³-hybridized carbons (Fsp3) is 0.0909. The maximum atomic E-state index is 13.2. The molecule has 1 N–H and O–H groups in total. The minimum Gasteiger partial charge on any atom is -0.506 e. The molecule has 0 atom stereocenters. The zero-order valence-electron chi connectivity index (χ0n) is 14.4. The molecule has 0 unspecified atom stereocenters. The molecule has 26 heavy (non-hydrogen) atoms. The fourth-order valence-electron chi connectivity index (χ4n) is 3.04. The Morgan fingerprint density at radius 2 is 2.00 bits per heavy atom. The minimum atomic E-state index is -0.252. The third kappa shape index (κ3) is 3.22. The van der Waals surface area contributed by atoms with E-state index in [9.17, 15) is 9.90 Å². The van der Waals surface area contributed by atoms with Crippen LogP contribution >= 0.6 is 0 Å². The summed E-state index contributed by atoms with van der Waals surface area (Å²) >= 11 is 0. The molecule has 0 bridgehead atoms. The van der Waals surface area contributed by atoms with Gasteiger partial charge in [-0.2, -0.15) is 0 Å². The Morgan fingerprint density at radius 3 is 2.69 bits per heavy atom. The van der Waals surface area contributed by atoms with Gasteiger partial charge in [0.1, 0.15) is 5.75 Å². The van der Waals surface area contributed by atoms with Crippen molar-refractivity contribution in [2.75, 3.05) is 0 Å². The number of aromatic nitrogens is 2. The number of para-hydroxylation sites is 1. The summed E-state index contributed by atoms with van der Waals surface area (Å²) in [5.41, 5.74) is 2.28. The van der Waals surface area contributed by atoms with Gasteiger partial charge >= 0.3 is 0 Å². The molecule has 0 aliphatic carbocycles. The van der Waals surface area contributed by atoms with E-state index in [0.29, 0.717) is 29.4 Å². The first-order valence-electron chi connectivity index (χ1n) is 8.36. The monoisotopic (exact) mass is 344 g/mol. The maximum absolute atomic E-state index is 13.2. The predicted octanol–water partition coefficient (Wildman–Crippen LogP) is 4.10. The summed E-state index contributed by atoms with van der Waals surface area (Å²) < 4.78 is 1.69. The molecular formula is C22H20N2O2. The number of aromatic hydroxyl groups is 1. The lowest BCUT2D eigenvalue weighted by atomic mass is 10.0. The van der Waals surface area contributed by atoms with E-state index >= 15 is 0 Å². The van der Waals surface area contributed by atoms with Gasteiger partial charge in [-0.1, -0.05) is 49.6 Å². The van der Waals surface area contributed by atoms with Gasteiger partial charge in [-0.3, -0.25) is 9.78 Å². The molecule has 4 nitrogen and oxygen atoms in total. The molecule has 1 aromatic carbocycles. The standard InChI is InChI=1S/C22H20N2O2/c1-3-8-17(4-2)20-21(25)18-10-5-6-11-19(18)24(22(20)26)14-12-16-9-7-13-23-15-16/h3-11,13,15,25H,1-2,12,14H2/b17-8+. The average Bonchev–Trinajstić information content (AvgIpc) is 2.68. The van der Waals surface area contributed by atoms with Crippen molar-refractivity contribution in [2.24, 2.45) is 0 Å². The largest absolute Gasteiger partial charge is 0.506 e. The van der Waals surface area contributed by atoms with Crippen LogP contribution in [0.5, 0.6) is 5.75 Å². The molecule has 0 saturated carbocycles. The van der Waals surface area contributed by atoms with Crippen molar-refractivity contribution >= 4 is 16.5 Å². The Hall–Kier alpha value is -3.40. The summed E-state index contributed by atoms with van der Waals surface area (Å²) in [7, 11) is 0. The van der Waals surface area contributed by atoms with Crippen LogP contribution in [0.25, 0.3) is 16.5 Å². The molecule has 130 valence electrons. The molecule has 3 rings (SSSR count). The fourth-order valence-corrected chi connectivity index (χ4v) is 3.04. The average molecular weight is 344 g/mol. The number of hydrogen-bond acceptors (Lipinski definition) is 3. The van der Waals surface area contributed by atoms with Gasteiger partial charge in [0.25, 0.3) is 5.56 Å². The number of nitrogens with zero attached hydrogens (tertiary/aromatic N) is 2. The molecule has 4 heteroatoms. The number of aryl methyl sites for hydroxylation is 2. The Bertz CT molecular complexity index is 1050. The van der Waals surface area contributed by atoms with Gasteiger partial charge in [-0.15, -0.1) is 0 Å². The maximum Gasteiger partial charge on any atom is 0.262 e. The number of rotatable bonds is 6. The lowest BCUT2D eigenvalue weighted by Crippen LogP contribution is -2.25. The number of pyridine rings is 2. The SMILES string of the molecule is C=C/C=C(\C=C)c1c(O)c2ccccc2n(CCc2cccnc2)c1=O. The summed E-state index contributed by atoms with van der Waals surface area (Å²) in [5, 5.41) is 11.4. The molecule has 0 saturated heterocycles. The van der Waals surface area contributed by atoms with Crippen molar-refractivity contribution in [3.05, 3.63) is 102 Å². The van der Waals surface area contributed by atoms with Gasteiger partial charge in [-0.05, 0) is 35.8 Å².